The molecule has 0 bridgehead atoms. The van der Waals surface area contributed by atoms with Crippen molar-refractivity contribution in [1.82, 2.24) is 10.2 Å². The van der Waals surface area contributed by atoms with Crippen LogP contribution >= 0.6 is 11.3 Å². The lowest BCUT2D eigenvalue weighted by atomic mass is 10.2. The van der Waals surface area contributed by atoms with Gasteiger partial charge in [0, 0.05) is 28.9 Å². The number of hydrogen-bond acceptors (Lipinski definition) is 3. The molecule has 1 aromatic rings. The standard InChI is InChI=1S/C15H26N2S/c1-4-7-16-10-15-9-14(13(3)18-15)11-17-8-5-6-12(17)2/h9,12,16H,4-8,10-11H2,1-3H3. The lowest BCUT2D eigenvalue weighted by molar-refractivity contribution is 0.260. The molecule has 0 spiro atoms. The van der Waals surface area contributed by atoms with Crippen LogP contribution in [0.15, 0.2) is 6.07 Å². The summed E-state index contributed by atoms with van der Waals surface area (Å²) in [5.41, 5.74) is 1.54. The van der Waals surface area contributed by atoms with E-state index in [4.69, 9.17) is 0 Å². The van der Waals surface area contributed by atoms with E-state index in [-0.39, 0.29) is 0 Å². The minimum atomic E-state index is 0.769. The number of nitrogens with zero attached hydrogens (tertiary/aromatic N) is 1. The SMILES string of the molecule is CCCNCc1cc(CN2CCCC2C)c(C)s1. The van der Waals surface area contributed by atoms with Crippen molar-refractivity contribution >= 4 is 11.3 Å². The molecule has 1 unspecified atom stereocenters. The van der Waals surface area contributed by atoms with Gasteiger partial charge in [-0.1, -0.05) is 6.92 Å². The first-order valence-electron chi connectivity index (χ1n) is 7.23. The largest absolute Gasteiger partial charge is 0.312 e. The third-order valence-corrected chi connectivity index (χ3v) is 4.95. The van der Waals surface area contributed by atoms with Gasteiger partial charge in [0.15, 0.2) is 0 Å². The molecular formula is C15H26N2S. The Balaban J connectivity index is 1.92. The molecule has 0 saturated carbocycles. The molecule has 0 aliphatic carbocycles. The molecule has 1 saturated heterocycles. The first kappa shape index (κ1) is 14.0. The Kier molecular flexibility index (Phi) is 5.22. The summed E-state index contributed by atoms with van der Waals surface area (Å²) in [5, 5.41) is 3.49. The first-order valence-corrected chi connectivity index (χ1v) is 8.05. The maximum Gasteiger partial charge on any atom is 0.0299 e. The maximum absolute atomic E-state index is 3.49. The van der Waals surface area contributed by atoms with Crippen molar-refractivity contribution in [2.24, 2.45) is 0 Å². The zero-order valence-corrected chi connectivity index (χ0v) is 12.8. The Hall–Kier alpha value is -0.380. The molecule has 2 rings (SSSR count). The molecule has 0 amide bonds. The fourth-order valence-corrected chi connectivity index (χ4v) is 3.69. The lowest BCUT2D eigenvalue weighted by Crippen LogP contribution is -2.26. The van der Waals surface area contributed by atoms with Crippen LogP contribution in [0.3, 0.4) is 0 Å². The average Bonchev–Trinajstić information content (AvgIpc) is 2.88. The van der Waals surface area contributed by atoms with Crippen molar-refractivity contribution in [2.75, 3.05) is 13.1 Å². The number of hydrogen-bond donors (Lipinski definition) is 1. The number of likely N-dealkylation sites (tertiary alicyclic amines) is 1. The van der Waals surface area contributed by atoms with Crippen LogP contribution in [0.5, 0.6) is 0 Å². The van der Waals surface area contributed by atoms with Gasteiger partial charge in [0.05, 0.1) is 0 Å². The van der Waals surface area contributed by atoms with Crippen LogP contribution in [-0.2, 0) is 13.1 Å². The molecule has 1 atom stereocenters. The zero-order valence-electron chi connectivity index (χ0n) is 12.0. The number of nitrogens with one attached hydrogen (secondary N) is 1. The highest BCUT2D eigenvalue weighted by atomic mass is 32.1. The van der Waals surface area contributed by atoms with E-state index < -0.39 is 0 Å². The van der Waals surface area contributed by atoms with E-state index in [1.807, 2.05) is 11.3 Å². The van der Waals surface area contributed by atoms with Gasteiger partial charge in [0.2, 0.25) is 0 Å². The maximum atomic E-state index is 3.49. The number of thiophene rings is 1. The molecule has 102 valence electrons. The van der Waals surface area contributed by atoms with Gasteiger partial charge in [-0.15, -0.1) is 11.3 Å². The van der Waals surface area contributed by atoms with Gasteiger partial charge in [0.1, 0.15) is 0 Å². The molecule has 1 fully saturated rings. The molecule has 1 aliphatic rings. The quantitative estimate of drug-likeness (QED) is 0.792. The predicted molar refractivity (Wildman–Crippen MR) is 80.2 cm³/mol. The van der Waals surface area contributed by atoms with Gasteiger partial charge >= 0.3 is 0 Å². The summed E-state index contributed by atoms with van der Waals surface area (Å²) >= 11 is 1.96. The molecular weight excluding hydrogens is 240 g/mol. The van der Waals surface area contributed by atoms with Gasteiger partial charge in [-0.2, -0.15) is 0 Å². The second-order valence-corrected chi connectivity index (χ2v) is 6.77. The van der Waals surface area contributed by atoms with Gasteiger partial charge < -0.3 is 5.32 Å². The van der Waals surface area contributed by atoms with Gasteiger partial charge in [-0.25, -0.2) is 0 Å². The Morgan fingerprint density at radius 3 is 3.00 bits per heavy atom. The van der Waals surface area contributed by atoms with Crippen molar-refractivity contribution in [3.8, 4) is 0 Å². The van der Waals surface area contributed by atoms with E-state index in [0.29, 0.717) is 0 Å². The average molecular weight is 266 g/mol. The predicted octanol–water partition coefficient (Wildman–Crippen LogP) is 3.54. The van der Waals surface area contributed by atoms with Crippen molar-refractivity contribution in [3.05, 3.63) is 21.4 Å². The van der Waals surface area contributed by atoms with Gasteiger partial charge in [-0.3, -0.25) is 4.90 Å². The highest BCUT2D eigenvalue weighted by Crippen LogP contribution is 2.26. The van der Waals surface area contributed by atoms with E-state index in [1.54, 1.807) is 5.56 Å². The van der Waals surface area contributed by atoms with Gasteiger partial charge in [-0.05, 0) is 57.8 Å². The van der Waals surface area contributed by atoms with E-state index in [2.05, 4.69) is 37.1 Å². The summed E-state index contributed by atoms with van der Waals surface area (Å²) in [4.78, 5) is 5.61. The Morgan fingerprint density at radius 2 is 2.33 bits per heavy atom. The summed E-state index contributed by atoms with van der Waals surface area (Å²) in [5.74, 6) is 0. The summed E-state index contributed by atoms with van der Waals surface area (Å²) in [6.07, 6.45) is 3.95. The van der Waals surface area contributed by atoms with Gasteiger partial charge in [0.25, 0.3) is 0 Å². The highest BCUT2D eigenvalue weighted by molar-refractivity contribution is 7.12. The third-order valence-electron chi connectivity index (χ3n) is 3.86. The van der Waals surface area contributed by atoms with E-state index in [9.17, 15) is 0 Å². The van der Waals surface area contributed by atoms with E-state index in [1.165, 1.54) is 35.6 Å². The summed E-state index contributed by atoms with van der Waals surface area (Å²) in [6.45, 7) is 11.4. The Morgan fingerprint density at radius 1 is 1.50 bits per heavy atom. The minimum Gasteiger partial charge on any atom is -0.312 e. The summed E-state index contributed by atoms with van der Waals surface area (Å²) in [7, 11) is 0. The molecule has 2 nitrogen and oxygen atoms in total. The van der Waals surface area contributed by atoms with Crippen LogP contribution in [0, 0.1) is 6.92 Å². The number of aryl methyl sites for hydroxylation is 1. The second-order valence-electron chi connectivity index (χ2n) is 5.43. The van der Waals surface area contributed by atoms with Crippen molar-refractivity contribution in [3.63, 3.8) is 0 Å². The van der Waals surface area contributed by atoms with E-state index >= 15 is 0 Å². The minimum absolute atomic E-state index is 0.769. The number of rotatable bonds is 6. The first-order chi connectivity index (χ1) is 8.70. The van der Waals surface area contributed by atoms with Crippen LogP contribution in [0.4, 0.5) is 0 Å². The third kappa shape index (κ3) is 3.56. The smallest absolute Gasteiger partial charge is 0.0299 e. The van der Waals surface area contributed by atoms with Crippen molar-refractivity contribution < 1.29 is 0 Å². The molecule has 0 radical (unpaired) electrons. The van der Waals surface area contributed by atoms with Crippen LogP contribution < -0.4 is 5.32 Å². The topological polar surface area (TPSA) is 15.3 Å². The highest BCUT2D eigenvalue weighted by Gasteiger charge is 2.21. The van der Waals surface area contributed by atoms with Crippen molar-refractivity contribution in [2.45, 2.75) is 59.2 Å². The van der Waals surface area contributed by atoms with Crippen LogP contribution in [-0.4, -0.2) is 24.0 Å². The molecule has 2 heterocycles. The normalized spacial score (nSPS) is 20.7. The molecule has 18 heavy (non-hydrogen) atoms. The Labute approximate surface area is 115 Å². The molecule has 1 N–H and O–H groups in total. The van der Waals surface area contributed by atoms with Crippen LogP contribution in [0.1, 0.15) is 48.4 Å². The van der Waals surface area contributed by atoms with Crippen LogP contribution in [0.2, 0.25) is 0 Å². The fourth-order valence-electron chi connectivity index (χ4n) is 2.67. The monoisotopic (exact) mass is 266 g/mol. The Bertz CT molecular complexity index is 373. The lowest BCUT2D eigenvalue weighted by Gasteiger charge is -2.20. The fraction of sp³-hybridized carbons (Fsp3) is 0.733. The van der Waals surface area contributed by atoms with Crippen molar-refractivity contribution in [1.29, 1.82) is 0 Å². The molecule has 1 aromatic heterocycles. The summed E-state index contributed by atoms with van der Waals surface area (Å²) < 4.78 is 0. The molecule has 3 heteroatoms. The summed E-state index contributed by atoms with van der Waals surface area (Å²) in [6, 6.07) is 3.18. The zero-order chi connectivity index (χ0) is 13.0. The van der Waals surface area contributed by atoms with Crippen LogP contribution in [0.25, 0.3) is 0 Å². The van der Waals surface area contributed by atoms with E-state index in [0.717, 1.165) is 25.7 Å². The second kappa shape index (κ2) is 6.69. The molecule has 0 aromatic carbocycles. The molecule has 1 aliphatic heterocycles.